The highest BCUT2D eigenvalue weighted by Crippen LogP contribution is 2.28. The van der Waals surface area contributed by atoms with Crippen LogP contribution in [0.1, 0.15) is 15.9 Å². The molecule has 0 saturated heterocycles. The van der Waals surface area contributed by atoms with E-state index in [9.17, 15) is 4.79 Å². The Morgan fingerprint density at radius 1 is 1.14 bits per heavy atom. The van der Waals surface area contributed by atoms with Gasteiger partial charge in [0.15, 0.2) is 5.78 Å². The van der Waals surface area contributed by atoms with Crippen molar-refractivity contribution in [3.05, 3.63) is 68.2 Å². The number of hydrogen-bond donors (Lipinski definition) is 0. The van der Waals surface area contributed by atoms with Crippen LogP contribution in [-0.2, 0) is 7.05 Å². The number of nitrogens with zero attached hydrogens (tertiary/aromatic N) is 1. The van der Waals surface area contributed by atoms with Gasteiger partial charge in [0.1, 0.15) is 0 Å². The Morgan fingerprint density at radius 3 is 2.62 bits per heavy atom. The monoisotopic (exact) mass is 381 g/mol. The van der Waals surface area contributed by atoms with E-state index in [1.165, 1.54) is 0 Å². The van der Waals surface area contributed by atoms with Crippen molar-refractivity contribution in [1.29, 1.82) is 0 Å². The lowest BCUT2D eigenvalue weighted by Crippen LogP contribution is -2.00. The van der Waals surface area contributed by atoms with Gasteiger partial charge in [0, 0.05) is 44.8 Å². The largest absolute Gasteiger partial charge is 0.350 e. The summed E-state index contributed by atoms with van der Waals surface area (Å²) in [4.78, 5) is 12.7. The molecular weight excluding hydrogens is 373 g/mol. The zero-order valence-electron chi connectivity index (χ0n) is 11.0. The molecule has 0 aliphatic carbocycles. The van der Waals surface area contributed by atoms with Crippen molar-refractivity contribution in [1.82, 2.24) is 4.57 Å². The fraction of sp³-hybridized carbons (Fsp3) is 0.0625. The average molecular weight is 383 g/mol. The van der Waals surface area contributed by atoms with Crippen LogP contribution in [0, 0.1) is 0 Å². The Morgan fingerprint density at radius 2 is 1.90 bits per heavy atom. The number of carbonyl (C=O) groups excluding carboxylic acids is 1. The summed E-state index contributed by atoms with van der Waals surface area (Å²) in [5.41, 5.74) is 2.17. The Bertz CT molecular complexity index is 870. The first-order valence-corrected chi connectivity index (χ1v) is 7.76. The first kappa shape index (κ1) is 14.6. The van der Waals surface area contributed by atoms with Gasteiger partial charge in [-0.3, -0.25) is 4.79 Å². The maximum absolute atomic E-state index is 12.7. The number of hydrogen-bond acceptors (Lipinski definition) is 1. The number of rotatable bonds is 2. The lowest BCUT2D eigenvalue weighted by atomic mass is 10.0. The second-order valence-electron chi connectivity index (χ2n) is 4.77. The van der Waals surface area contributed by atoms with Gasteiger partial charge in [-0.1, -0.05) is 29.3 Å². The summed E-state index contributed by atoms with van der Waals surface area (Å²) in [6.45, 7) is 0. The Hall–Kier alpha value is -1.29. The van der Waals surface area contributed by atoms with E-state index in [4.69, 9.17) is 23.2 Å². The molecule has 0 spiro atoms. The first-order chi connectivity index (χ1) is 9.97. The molecule has 2 nitrogen and oxygen atoms in total. The molecule has 21 heavy (non-hydrogen) atoms. The van der Waals surface area contributed by atoms with Crippen LogP contribution in [0.15, 0.2) is 47.1 Å². The van der Waals surface area contributed by atoms with Crippen LogP contribution >= 0.6 is 39.1 Å². The minimum Gasteiger partial charge on any atom is -0.350 e. The molecule has 3 rings (SSSR count). The maximum atomic E-state index is 12.7. The van der Waals surface area contributed by atoms with Gasteiger partial charge in [-0.05, 0) is 46.3 Å². The second kappa shape index (κ2) is 5.48. The summed E-state index contributed by atoms with van der Waals surface area (Å²) in [6.07, 6.45) is 1.83. The molecule has 0 aliphatic rings. The molecule has 0 aliphatic heterocycles. The van der Waals surface area contributed by atoms with E-state index >= 15 is 0 Å². The molecule has 0 amide bonds. The topological polar surface area (TPSA) is 22.0 Å². The Labute approximate surface area is 140 Å². The highest BCUT2D eigenvalue weighted by Gasteiger charge is 2.16. The van der Waals surface area contributed by atoms with Crippen molar-refractivity contribution >= 4 is 55.8 Å². The number of fused-ring (bicyclic) bond motifs is 1. The number of aryl methyl sites for hydroxylation is 1. The third-order valence-electron chi connectivity index (χ3n) is 3.38. The van der Waals surface area contributed by atoms with Crippen LogP contribution in [-0.4, -0.2) is 10.4 Å². The predicted molar refractivity (Wildman–Crippen MR) is 90.5 cm³/mol. The van der Waals surface area contributed by atoms with Crippen LogP contribution in [0.2, 0.25) is 10.0 Å². The second-order valence-corrected chi connectivity index (χ2v) is 6.47. The Kier molecular flexibility index (Phi) is 3.82. The first-order valence-electron chi connectivity index (χ1n) is 6.21. The summed E-state index contributed by atoms with van der Waals surface area (Å²) in [7, 11) is 1.90. The minimum atomic E-state index is -0.0414. The third-order valence-corrected chi connectivity index (χ3v) is 4.83. The van der Waals surface area contributed by atoms with E-state index in [-0.39, 0.29) is 5.78 Å². The van der Waals surface area contributed by atoms with Gasteiger partial charge in [0.2, 0.25) is 0 Å². The van der Waals surface area contributed by atoms with Gasteiger partial charge in [0.05, 0.1) is 5.02 Å². The molecule has 0 fully saturated rings. The zero-order chi connectivity index (χ0) is 15.1. The van der Waals surface area contributed by atoms with E-state index in [2.05, 4.69) is 15.9 Å². The molecule has 0 unspecified atom stereocenters. The fourth-order valence-corrected chi connectivity index (χ4v) is 2.99. The zero-order valence-corrected chi connectivity index (χ0v) is 14.1. The highest BCUT2D eigenvalue weighted by molar-refractivity contribution is 9.10. The summed E-state index contributed by atoms with van der Waals surface area (Å²) >= 11 is 15.3. The van der Waals surface area contributed by atoms with Crippen molar-refractivity contribution in [3.8, 4) is 0 Å². The lowest BCUT2D eigenvalue weighted by Gasteiger charge is -2.02. The summed E-state index contributed by atoms with van der Waals surface area (Å²) in [6, 6.07) is 10.7. The van der Waals surface area contributed by atoms with E-state index in [0.717, 1.165) is 10.9 Å². The van der Waals surface area contributed by atoms with Gasteiger partial charge in [-0.25, -0.2) is 0 Å². The molecule has 0 bridgehead atoms. The number of carbonyl (C=O) groups is 1. The average Bonchev–Trinajstić information content (AvgIpc) is 2.78. The van der Waals surface area contributed by atoms with Crippen LogP contribution < -0.4 is 0 Å². The molecule has 0 radical (unpaired) electrons. The molecule has 2 aromatic carbocycles. The number of ketones is 1. The van der Waals surface area contributed by atoms with Crippen LogP contribution in [0.4, 0.5) is 0 Å². The molecule has 1 heterocycles. The summed E-state index contributed by atoms with van der Waals surface area (Å²) in [5, 5.41) is 2.12. The standard InChI is InChI=1S/C16H10BrCl2NO/c1-20-8-12(11-4-3-10(18)7-15(11)20)16(21)9-2-5-14(19)13(17)6-9/h2-8H,1H3. The smallest absolute Gasteiger partial charge is 0.195 e. The van der Waals surface area contributed by atoms with Crippen LogP contribution in [0.3, 0.4) is 0 Å². The lowest BCUT2D eigenvalue weighted by molar-refractivity contribution is 0.104. The van der Waals surface area contributed by atoms with Crippen molar-refractivity contribution in [3.63, 3.8) is 0 Å². The normalized spacial score (nSPS) is 11.0. The molecule has 3 aromatic rings. The third kappa shape index (κ3) is 2.61. The number of halogens is 3. The van der Waals surface area contributed by atoms with Crippen molar-refractivity contribution in [2.45, 2.75) is 0 Å². The fourth-order valence-electron chi connectivity index (χ4n) is 2.33. The molecule has 0 saturated carbocycles. The summed E-state index contributed by atoms with van der Waals surface area (Å²) in [5.74, 6) is -0.0414. The van der Waals surface area contributed by atoms with Crippen molar-refractivity contribution < 1.29 is 4.79 Å². The highest BCUT2D eigenvalue weighted by atomic mass is 79.9. The molecule has 5 heteroatoms. The Balaban J connectivity index is 2.15. The van der Waals surface area contributed by atoms with Gasteiger partial charge in [0.25, 0.3) is 0 Å². The van der Waals surface area contributed by atoms with Gasteiger partial charge in [-0.15, -0.1) is 0 Å². The quantitative estimate of drug-likeness (QED) is 0.538. The van der Waals surface area contributed by atoms with Gasteiger partial charge in [-0.2, -0.15) is 0 Å². The summed E-state index contributed by atoms with van der Waals surface area (Å²) < 4.78 is 2.61. The predicted octanol–water partition coefficient (Wildman–Crippen LogP) is 5.48. The minimum absolute atomic E-state index is 0.0414. The van der Waals surface area contributed by atoms with Crippen LogP contribution in [0.5, 0.6) is 0 Å². The van der Waals surface area contributed by atoms with E-state index in [0.29, 0.717) is 25.6 Å². The van der Waals surface area contributed by atoms with Crippen molar-refractivity contribution in [2.75, 3.05) is 0 Å². The molecule has 106 valence electrons. The molecule has 0 N–H and O–H groups in total. The van der Waals surface area contributed by atoms with Crippen molar-refractivity contribution in [2.24, 2.45) is 7.05 Å². The number of aromatic nitrogens is 1. The van der Waals surface area contributed by atoms with Gasteiger partial charge < -0.3 is 4.57 Å². The van der Waals surface area contributed by atoms with Crippen LogP contribution in [0.25, 0.3) is 10.9 Å². The van der Waals surface area contributed by atoms with Gasteiger partial charge >= 0.3 is 0 Å². The number of benzene rings is 2. The van der Waals surface area contributed by atoms with E-state index in [1.807, 2.05) is 29.9 Å². The SMILES string of the molecule is Cn1cc(C(=O)c2ccc(Cl)c(Br)c2)c2ccc(Cl)cc21. The maximum Gasteiger partial charge on any atom is 0.195 e. The molecule has 0 atom stereocenters. The van der Waals surface area contributed by atoms with E-state index < -0.39 is 0 Å². The molecular formula is C16H10BrCl2NO. The van der Waals surface area contributed by atoms with E-state index in [1.54, 1.807) is 24.3 Å². The molecule has 1 aromatic heterocycles.